The fraction of sp³-hybridized carbons (Fsp3) is 0.421. The number of ether oxygens (including phenoxy) is 1. The number of aromatic nitrogens is 1. The first-order valence-corrected chi connectivity index (χ1v) is 8.91. The Labute approximate surface area is 161 Å². The van der Waals surface area contributed by atoms with E-state index in [0.717, 1.165) is 0 Å². The molecule has 0 radical (unpaired) electrons. The van der Waals surface area contributed by atoms with E-state index in [1.54, 1.807) is 29.0 Å². The van der Waals surface area contributed by atoms with Gasteiger partial charge in [0.15, 0.2) is 0 Å². The molecule has 0 bridgehead atoms. The Kier molecular flexibility index (Phi) is 6.37. The average Bonchev–Trinajstić information content (AvgIpc) is 3.10. The summed E-state index contributed by atoms with van der Waals surface area (Å²) in [6, 6.07) is 5.76. The first-order valence-electron chi connectivity index (χ1n) is 8.91. The monoisotopic (exact) mass is 391 g/mol. The molecular formula is C19H22FN3O5. The first kappa shape index (κ1) is 20.0. The van der Waals surface area contributed by atoms with E-state index in [1.165, 1.54) is 18.4 Å². The average molecular weight is 391 g/mol. The van der Waals surface area contributed by atoms with Crippen molar-refractivity contribution < 1.29 is 28.2 Å². The van der Waals surface area contributed by atoms with Crippen molar-refractivity contribution in [3.8, 4) is 11.5 Å². The van der Waals surface area contributed by atoms with E-state index in [2.05, 4.69) is 4.98 Å². The SMILES string of the molecule is CN(CC(=O)O)CC1CN(C(=O)Cc2coc(-c3ccc(F)cc3)n2)CCO1. The van der Waals surface area contributed by atoms with E-state index < -0.39 is 5.97 Å². The molecule has 1 aromatic carbocycles. The van der Waals surface area contributed by atoms with E-state index in [4.69, 9.17) is 14.3 Å². The number of carboxylic acid groups (broad SMARTS) is 1. The lowest BCUT2D eigenvalue weighted by Crippen LogP contribution is -2.50. The number of morpholine rings is 1. The van der Waals surface area contributed by atoms with Crippen LogP contribution < -0.4 is 0 Å². The topological polar surface area (TPSA) is 96.1 Å². The van der Waals surface area contributed by atoms with Crippen molar-refractivity contribution in [2.45, 2.75) is 12.5 Å². The number of carbonyl (C=O) groups is 2. The third-order valence-electron chi connectivity index (χ3n) is 4.39. The molecule has 0 aliphatic carbocycles. The normalized spacial score (nSPS) is 17.1. The highest BCUT2D eigenvalue weighted by molar-refractivity contribution is 5.78. The van der Waals surface area contributed by atoms with Crippen LogP contribution in [-0.2, 0) is 20.7 Å². The molecule has 28 heavy (non-hydrogen) atoms. The van der Waals surface area contributed by atoms with Crippen LogP contribution in [0.25, 0.3) is 11.5 Å². The van der Waals surface area contributed by atoms with E-state index in [0.29, 0.717) is 43.4 Å². The largest absolute Gasteiger partial charge is 0.480 e. The van der Waals surface area contributed by atoms with Crippen LogP contribution in [0.15, 0.2) is 34.9 Å². The molecule has 1 N–H and O–H groups in total. The zero-order valence-electron chi connectivity index (χ0n) is 15.5. The van der Waals surface area contributed by atoms with Gasteiger partial charge in [-0.25, -0.2) is 9.37 Å². The Balaban J connectivity index is 1.55. The molecule has 1 aliphatic rings. The lowest BCUT2D eigenvalue weighted by molar-refractivity contribution is -0.142. The van der Waals surface area contributed by atoms with E-state index in [1.807, 2.05) is 0 Å². The van der Waals surface area contributed by atoms with E-state index >= 15 is 0 Å². The van der Waals surface area contributed by atoms with Crippen LogP contribution >= 0.6 is 0 Å². The highest BCUT2D eigenvalue weighted by Gasteiger charge is 2.26. The minimum absolute atomic E-state index is 0.0844. The molecule has 2 heterocycles. The van der Waals surface area contributed by atoms with Crippen molar-refractivity contribution in [2.75, 3.05) is 39.8 Å². The van der Waals surface area contributed by atoms with Crippen LogP contribution in [0.3, 0.4) is 0 Å². The molecular weight excluding hydrogens is 369 g/mol. The van der Waals surface area contributed by atoms with Gasteiger partial charge >= 0.3 is 5.97 Å². The molecule has 0 saturated carbocycles. The Morgan fingerprint density at radius 1 is 1.36 bits per heavy atom. The highest BCUT2D eigenvalue weighted by Crippen LogP contribution is 2.19. The van der Waals surface area contributed by atoms with Crippen molar-refractivity contribution in [1.82, 2.24) is 14.8 Å². The second-order valence-electron chi connectivity index (χ2n) is 6.75. The Morgan fingerprint density at radius 3 is 2.82 bits per heavy atom. The Bertz CT molecular complexity index is 823. The molecule has 1 fully saturated rings. The van der Waals surface area contributed by atoms with Crippen molar-refractivity contribution >= 4 is 11.9 Å². The fourth-order valence-corrected chi connectivity index (χ4v) is 3.08. The Hall–Kier alpha value is -2.78. The van der Waals surface area contributed by atoms with Crippen molar-refractivity contribution in [3.05, 3.63) is 42.0 Å². The molecule has 1 aromatic heterocycles. The molecule has 150 valence electrons. The number of likely N-dealkylation sites (N-methyl/N-ethyl adjacent to an activating group) is 1. The standard InChI is InChI=1S/C19H22FN3O5/c1-22(11-18(25)26)9-16-10-23(6-7-27-16)17(24)8-15-12-28-19(21-15)13-2-4-14(20)5-3-13/h2-5,12,16H,6-11H2,1H3,(H,25,26). The fourth-order valence-electron chi connectivity index (χ4n) is 3.08. The predicted molar refractivity (Wildman–Crippen MR) is 97.1 cm³/mol. The summed E-state index contributed by atoms with van der Waals surface area (Å²) in [5.41, 5.74) is 1.13. The van der Waals surface area contributed by atoms with Gasteiger partial charge in [0.25, 0.3) is 0 Å². The van der Waals surface area contributed by atoms with Gasteiger partial charge in [-0.1, -0.05) is 0 Å². The number of rotatable bonds is 7. The molecule has 8 nitrogen and oxygen atoms in total. The lowest BCUT2D eigenvalue weighted by atomic mass is 10.2. The molecule has 1 unspecified atom stereocenters. The number of benzene rings is 1. The summed E-state index contributed by atoms with van der Waals surface area (Å²) < 4.78 is 24.1. The first-order chi connectivity index (χ1) is 13.4. The number of hydrogen-bond acceptors (Lipinski definition) is 6. The van der Waals surface area contributed by atoms with Gasteiger partial charge in [-0.15, -0.1) is 0 Å². The number of carboxylic acids is 1. The second-order valence-corrected chi connectivity index (χ2v) is 6.75. The number of hydrogen-bond donors (Lipinski definition) is 1. The van der Waals surface area contributed by atoms with Gasteiger partial charge in [0.1, 0.15) is 12.1 Å². The van der Waals surface area contributed by atoms with Gasteiger partial charge < -0.3 is 19.2 Å². The van der Waals surface area contributed by atoms with Crippen molar-refractivity contribution in [2.24, 2.45) is 0 Å². The predicted octanol–water partition coefficient (Wildman–Crippen LogP) is 1.27. The minimum atomic E-state index is -0.908. The van der Waals surface area contributed by atoms with E-state index in [9.17, 15) is 14.0 Å². The number of carbonyl (C=O) groups excluding carboxylic acids is 1. The molecule has 0 spiro atoms. The van der Waals surface area contributed by atoms with Gasteiger partial charge in [-0.3, -0.25) is 14.5 Å². The highest BCUT2D eigenvalue weighted by atomic mass is 19.1. The van der Waals surface area contributed by atoms with Crippen LogP contribution in [0.4, 0.5) is 4.39 Å². The van der Waals surface area contributed by atoms with Crippen LogP contribution in [0, 0.1) is 5.82 Å². The molecule has 2 aromatic rings. The summed E-state index contributed by atoms with van der Waals surface area (Å²) in [5, 5.41) is 8.83. The summed E-state index contributed by atoms with van der Waals surface area (Å²) in [5.74, 6) is -1.03. The number of nitrogens with zero attached hydrogens (tertiary/aromatic N) is 3. The number of halogens is 1. The molecule has 1 saturated heterocycles. The molecule has 1 atom stereocenters. The maximum absolute atomic E-state index is 13.0. The van der Waals surface area contributed by atoms with Gasteiger partial charge in [0.05, 0.1) is 31.4 Å². The third-order valence-corrected chi connectivity index (χ3v) is 4.39. The van der Waals surface area contributed by atoms with Gasteiger partial charge in [0, 0.05) is 25.2 Å². The van der Waals surface area contributed by atoms with E-state index in [-0.39, 0.29) is 30.8 Å². The second kappa shape index (κ2) is 8.94. The summed E-state index contributed by atoms with van der Waals surface area (Å²) in [7, 11) is 1.70. The molecule has 3 rings (SSSR count). The van der Waals surface area contributed by atoms with Crippen LogP contribution in [0.2, 0.25) is 0 Å². The van der Waals surface area contributed by atoms with Gasteiger partial charge in [0.2, 0.25) is 11.8 Å². The number of aliphatic carboxylic acids is 1. The number of amides is 1. The minimum Gasteiger partial charge on any atom is -0.480 e. The smallest absolute Gasteiger partial charge is 0.317 e. The Morgan fingerprint density at radius 2 is 2.11 bits per heavy atom. The maximum atomic E-state index is 13.0. The summed E-state index contributed by atoms with van der Waals surface area (Å²) in [6.07, 6.45) is 1.27. The van der Waals surface area contributed by atoms with Crippen molar-refractivity contribution in [1.29, 1.82) is 0 Å². The third kappa shape index (κ3) is 5.37. The van der Waals surface area contributed by atoms with Gasteiger partial charge in [-0.2, -0.15) is 0 Å². The van der Waals surface area contributed by atoms with Crippen molar-refractivity contribution in [3.63, 3.8) is 0 Å². The summed E-state index contributed by atoms with van der Waals surface area (Å²) >= 11 is 0. The molecule has 1 aliphatic heterocycles. The van der Waals surface area contributed by atoms with Crippen LogP contribution in [-0.4, -0.2) is 77.7 Å². The molecule has 9 heteroatoms. The lowest BCUT2D eigenvalue weighted by Gasteiger charge is -2.34. The molecule has 1 amide bonds. The summed E-state index contributed by atoms with van der Waals surface area (Å²) in [4.78, 5) is 31.0. The summed E-state index contributed by atoms with van der Waals surface area (Å²) in [6.45, 7) is 1.61. The zero-order chi connectivity index (χ0) is 20.1. The maximum Gasteiger partial charge on any atom is 0.317 e. The van der Waals surface area contributed by atoms with Crippen LogP contribution in [0.5, 0.6) is 0 Å². The van der Waals surface area contributed by atoms with Crippen LogP contribution in [0.1, 0.15) is 5.69 Å². The van der Waals surface area contributed by atoms with Gasteiger partial charge in [-0.05, 0) is 31.3 Å². The number of oxazole rings is 1. The quantitative estimate of drug-likeness (QED) is 0.759. The zero-order valence-corrected chi connectivity index (χ0v) is 15.5.